The highest BCUT2D eigenvalue weighted by molar-refractivity contribution is 7.91. The molecule has 1 N–H and O–H groups in total. The average molecular weight is 382 g/mol. The fourth-order valence-corrected chi connectivity index (χ4v) is 5.27. The van der Waals surface area contributed by atoms with Crippen molar-refractivity contribution in [3.63, 3.8) is 0 Å². The van der Waals surface area contributed by atoms with Crippen LogP contribution in [0.2, 0.25) is 0 Å². The Labute approximate surface area is 157 Å². The van der Waals surface area contributed by atoms with Gasteiger partial charge in [0.25, 0.3) is 0 Å². The fraction of sp³-hybridized carbons (Fsp3) is 0.632. The van der Waals surface area contributed by atoms with Crippen molar-refractivity contribution in [2.75, 3.05) is 47.9 Å². The quantitative estimate of drug-likeness (QED) is 0.748. The van der Waals surface area contributed by atoms with Crippen molar-refractivity contribution in [3.05, 3.63) is 23.8 Å². The first-order chi connectivity index (χ1) is 12.3. The van der Waals surface area contributed by atoms with Crippen LogP contribution >= 0.6 is 0 Å². The molecule has 2 rings (SSSR count). The van der Waals surface area contributed by atoms with Gasteiger partial charge in [-0.3, -0.25) is 9.69 Å². The average Bonchev–Trinajstić information content (AvgIpc) is 2.96. The highest BCUT2D eigenvalue weighted by Gasteiger charge is 2.32. The first-order valence-corrected chi connectivity index (χ1v) is 11.2. The Morgan fingerprint density at radius 3 is 2.38 bits per heavy atom. The lowest BCUT2D eigenvalue weighted by molar-refractivity contribution is -0.117. The third kappa shape index (κ3) is 5.20. The van der Waals surface area contributed by atoms with Crippen molar-refractivity contribution in [2.45, 2.75) is 40.2 Å². The van der Waals surface area contributed by atoms with Gasteiger partial charge in [0.05, 0.1) is 18.1 Å². The Balaban J connectivity index is 2.00. The van der Waals surface area contributed by atoms with Crippen molar-refractivity contribution in [2.24, 2.45) is 0 Å². The van der Waals surface area contributed by atoms with Crippen molar-refractivity contribution in [1.29, 1.82) is 0 Å². The molecule has 7 heteroatoms. The lowest BCUT2D eigenvalue weighted by atomic mass is 10.1. The molecule has 1 aliphatic rings. The summed E-state index contributed by atoms with van der Waals surface area (Å²) in [5, 5.41) is 2.97. The van der Waals surface area contributed by atoms with Gasteiger partial charge >= 0.3 is 0 Å². The number of sulfone groups is 1. The van der Waals surface area contributed by atoms with E-state index in [1.165, 1.54) is 0 Å². The molecule has 1 unspecified atom stereocenters. The molecule has 0 bridgehead atoms. The van der Waals surface area contributed by atoms with Crippen LogP contribution < -0.4 is 10.2 Å². The van der Waals surface area contributed by atoms with Crippen LogP contribution in [0, 0.1) is 6.92 Å². The molecule has 0 aromatic heterocycles. The van der Waals surface area contributed by atoms with Crippen LogP contribution in [0.25, 0.3) is 0 Å². The van der Waals surface area contributed by atoms with E-state index in [4.69, 9.17) is 0 Å². The molecule has 1 aromatic rings. The second-order valence-corrected chi connectivity index (χ2v) is 9.07. The van der Waals surface area contributed by atoms with Crippen LogP contribution in [0.4, 0.5) is 11.4 Å². The maximum atomic E-state index is 12.5. The van der Waals surface area contributed by atoms with Gasteiger partial charge in [0.15, 0.2) is 9.84 Å². The van der Waals surface area contributed by atoms with Gasteiger partial charge in [-0.1, -0.05) is 6.92 Å². The Morgan fingerprint density at radius 1 is 1.19 bits per heavy atom. The highest BCUT2D eigenvalue weighted by atomic mass is 32.2. The summed E-state index contributed by atoms with van der Waals surface area (Å²) in [7, 11) is -2.95. The van der Waals surface area contributed by atoms with Gasteiger partial charge in [0.1, 0.15) is 0 Å². The van der Waals surface area contributed by atoms with E-state index in [9.17, 15) is 13.2 Å². The van der Waals surface area contributed by atoms with Crippen LogP contribution in [0.5, 0.6) is 0 Å². The number of rotatable bonds is 8. The van der Waals surface area contributed by atoms with Crippen molar-refractivity contribution >= 4 is 27.1 Å². The van der Waals surface area contributed by atoms with E-state index < -0.39 is 9.84 Å². The summed E-state index contributed by atoms with van der Waals surface area (Å²) in [5.41, 5.74) is 2.98. The number of benzene rings is 1. The first kappa shape index (κ1) is 20.7. The molecule has 1 heterocycles. The van der Waals surface area contributed by atoms with E-state index >= 15 is 0 Å². The number of aryl methyl sites for hydroxylation is 1. The number of carbonyl (C=O) groups is 1. The molecule has 26 heavy (non-hydrogen) atoms. The monoisotopic (exact) mass is 381 g/mol. The lowest BCUT2D eigenvalue weighted by Crippen LogP contribution is -2.41. The molecule has 0 saturated carbocycles. The molecule has 1 fully saturated rings. The van der Waals surface area contributed by atoms with E-state index in [1.54, 1.807) is 0 Å². The molecule has 146 valence electrons. The minimum Gasteiger partial charge on any atom is -0.372 e. The Kier molecular flexibility index (Phi) is 7.06. The summed E-state index contributed by atoms with van der Waals surface area (Å²) < 4.78 is 23.4. The maximum absolute atomic E-state index is 12.5. The number of amides is 1. The number of anilines is 2. The van der Waals surface area contributed by atoms with Gasteiger partial charge in [-0.15, -0.1) is 0 Å². The largest absolute Gasteiger partial charge is 0.372 e. The van der Waals surface area contributed by atoms with E-state index in [1.807, 2.05) is 30.9 Å². The van der Waals surface area contributed by atoms with Crippen molar-refractivity contribution in [3.8, 4) is 0 Å². The van der Waals surface area contributed by atoms with Crippen LogP contribution in [-0.2, 0) is 14.6 Å². The molecule has 0 aliphatic carbocycles. The van der Waals surface area contributed by atoms with Crippen LogP contribution in [0.15, 0.2) is 18.2 Å². The van der Waals surface area contributed by atoms with Crippen molar-refractivity contribution < 1.29 is 13.2 Å². The lowest BCUT2D eigenvalue weighted by Gasteiger charge is -2.26. The predicted octanol–water partition coefficient (Wildman–Crippen LogP) is 2.29. The molecule has 0 radical (unpaired) electrons. The number of nitrogens with one attached hydrogen (secondary N) is 1. The normalized spacial score (nSPS) is 18.9. The summed E-state index contributed by atoms with van der Waals surface area (Å²) in [5.74, 6) is 0.280. The zero-order valence-corrected chi connectivity index (χ0v) is 17.1. The number of hydrogen-bond acceptors (Lipinski definition) is 5. The second-order valence-electron chi connectivity index (χ2n) is 6.84. The molecule has 1 aromatic carbocycles. The summed E-state index contributed by atoms with van der Waals surface area (Å²) in [6.45, 7) is 11.0. The summed E-state index contributed by atoms with van der Waals surface area (Å²) in [4.78, 5) is 16.7. The van der Waals surface area contributed by atoms with E-state index in [0.29, 0.717) is 13.0 Å². The van der Waals surface area contributed by atoms with Crippen LogP contribution in [0.1, 0.15) is 32.8 Å². The molecular formula is C19H31N3O3S. The highest BCUT2D eigenvalue weighted by Crippen LogP contribution is 2.23. The molecule has 1 saturated heterocycles. The molecule has 1 atom stereocenters. The molecule has 1 amide bonds. The predicted molar refractivity (Wildman–Crippen MR) is 108 cm³/mol. The third-order valence-electron chi connectivity index (χ3n) is 5.09. The van der Waals surface area contributed by atoms with Crippen molar-refractivity contribution in [1.82, 2.24) is 4.90 Å². The smallest absolute Gasteiger partial charge is 0.238 e. The number of nitrogens with zero attached hydrogens (tertiary/aromatic N) is 2. The number of likely N-dealkylation sites (N-methyl/N-ethyl adjacent to an activating group) is 1. The van der Waals surface area contributed by atoms with E-state index in [-0.39, 0.29) is 30.0 Å². The molecular weight excluding hydrogens is 350 g/mol. The van der Waals surface area contributed by atoms with Gasteiger partial charge < -0.3 is 10.2 Å². The SMILES string of the molecule is CCN(CC)c1ccc(NC(=O)CN(CC)C2CCS(=O)(=O)C2)c(C)c1. The Morgan fingerprint density at radius 2 is 1.88 bits per heavy atom. The second kappa shape index (κ2) is 8.86. The zero-order valence-electron chi connectivity index (χ0n) is 16.3. The summed E-state index contributed by atoms with van der Waals surface area (Å²) in [6.07, 6.45) is 0.612. The minimum absolute atomic E-state index is 0.0538. The minimum atomic E-state index is -2.95. The van der Waals surface area contributed by atoms with Crippen LogP contribution in [0.3, 0.4) is 0 Å². The zero-order chi connectivity index (χ0) is 19.3. The van der Waals surface area contributed by atoms with E-state index in [2.05, 4.69) is 30.1 Å². The van der Waals surface area contributed by atoms with Gasteiger partial charge in [-0.05, 0) is 57.5 Å². The number of carbonyl (C=O) groups excluding carboxylic acids is 1. The topological polar surface area (TPSA) is 69.7 Å². The fourth-order valence-electron chi connectivity index (χ4n) is 3.51. The summed E-state index contributed by atoms with van der Waals surface area (Å²) >= 11 is 0. The van der Waals surface area contributed by atoms with E-state index in [0.717, 1.165) is 30.0 Å². The standard InChI is InChI=1S/C19H31N3O3S/c1-5-21(6-2)16-8-9-18(15(4)12-16)20-19(23)13-22(7-3)17-10-11-26(24,25)14-17/h8-9,12,17H,5-7,10-11,13-14H2,1-4H3,(H,20,23). The maximum Gasteiger partial charge on any atom is 0.238 e. The summed E-state index contributed by atoms with van der Waals surface area (Å²) in [6, 6.07) is 6.00. The third-order valence-corrected chi connectivity index (χ3v) is 6.84. The molecule has 6 nitrogen and oxygen atoms in total. The van der Waals surface area contributed by atoms with Gasteiger partial charge in [-0.25, -0.2) is 8.42 Å². The van der Waals surface area contributed by atoms with Gasteiger partial charge in [0.2, 0.25) is 5.91 Å². The molecule has 1 aliphatic heterocycles. The van der Waals surface area contributed by atoms with Gasteiger partial charge in [0, 0.05) is 30.5 Å². The number of hydrogen-bond donors (Lipinski definition) is 1. The Bertz CT molecular complexity index is 730. The first-order valence-electron chi connectivity index (χ1n) is 9.39. The van der Waals surface area contributed by atoms with Gasteiger partial charge in [-0.2, -0.15) is 0 Å². The molecule has 0 spiro atoms. The Hall–Kier alpha value is -1.60. The van der Waals surface area contributed by atoms with Crippen LogP contribution in [-0.4, -0.2) is 63.0 Å².